The number of carbonyl (C=O) groups is 3. The van der Waals surface area contributed by atoms with Crippen LogP contribution in [0.1, 0.15) is 13.8 Å². The van der Waals surface area contributed by atoms with E-state index in [-0.39, 0.29) is 6.29 Å². The van der Waals surface area contributed by atoms with Gasteiger partial charge in [-0.3, -0.25) is 9.59 Å². The Morgan fingerprint density at radius 2 is 1.70 bits per heavy atom. The number of aliphatic hydroxyl groups is 1. The Bertz CT molecular complexity index is 117. The average molecular weight is 146 g/mol. The molecular formula is C6H10O4. The summed E-state index contributed by atoms with van der Waals surface area (Å²) in [7, 11) is 0. The highest BCUT2D eigenvalue weighted by molar-refractivity contribution is 6.23. The summed E-state index contributed by atoms with van der Waals surface area (Å²) in [6, 6.07) is 0. The van der Waals surface area contributed by atoms with Crippen LogP contribution in [0.15, 0.2) is 0 Å². The number of hydrogen-bond donors (Lipinski definition) is 1. The van der Waals surface area contributed by atoms with Crippen LogP contribution in [0, 0.1) is 0 Å². The minimum Gasteiger partial charge on any atom is -0.386 e. The van der Waals surface area contributed by atoms with Crippen LogP contribution in [0.3, 0.4) is 0 Å². The highest BCUT2D eigenvalue weighted by Crippen LogP contribution is 1.62. The molecule has 0 radical (unpaired) electrons. The van der Waals surface area contributed by atoms with E-state index in [0.29, 0.717) is 6.29 Å². The third kappa shape index (κ3) is 28.2. The zero-order valence-corrected chi connectivity index (χ0v) is 5.90. The number of hydrogen-bond acceptors (Lipinski definition) is 4. The molecule has 0 bridgehead atoms. The molecule has 0 aromatic heterocycles. The van der Waals surface area contributed by atoms with Gasteiger partial charge in [-0.2, -0.15) is 0 Å². The van der Waals surface area contributed by atoms with Crippen LogP contribution < -0.4 is 0 Å². The number of Topliss-reactive ketones (excluding diaryl/α,β-unsaturated/α-hetero) is 1. The third-order valence-electron chi connectivity index (χ3n) is 0.363. The van der Waals surface area contributed by atoms with E-state index < -0.39 is 11.9 Å². The maximum atomic E-state index is 9.44. The van der Waals surface area contributed by atoms with E-state index in [1.54, 1.807) is 0 Å². The highest BCUT2D eigenvalue weighted by atomic mass is 16.3. The molecule has 0 saturated carbocycles. The Balaban J connectivity index is 0. The van der Waals surface area contributed by atoms with Crippen molar-refractivity contribution in [3.05, 3.63) is 0 Å². The predicted molar refractivity (Wildman–Crippen MR) is 34.5 cm³/mol. The van der Waals surface area contributed by atoms with Gasteiger partial charge in [0.15, 0.2) is 12.1 Å². The molecule has 0 aliphatic rings. The van der Waals surface area contributed by atoms with Crippen molar-refractivity contribution in [1.82, 2.24) is 0 Å². The number of aliphatic hydroxyl groups excluding tert-OH is 1. The molecular weight excluding hydrogens is 136 g/mol. The lowest BCUT2D eigenvalue weighted by Crippen LogP contribution is -1.97. The fourth-order valence-corrected chi connectivity index (χ4v) is 0. The molecule has 0 fully saturated rings. The molecule has 4 heteroatoms. The molecule has 0 amide bonds. The number of aldehydes is 2. The van der Waals surface area contributed by atoms with Crippen LogP contribution in [-0.4, -0.2) is 29.6 Å². The Labute approximate surface area is 58.8 Å². The van der Waals surface area contributed by atoms with Crippen molar-refractivity contribution in [2.45, 2.75) is 20.0 Å². The molecule has 1 N–H and O–H groups in total. The number of carbonyl (C=O) groups excluding carboxylic acids is 3. The summed E-state index contributed by atoms with van der Waals surface area (Å²) in [5, 5.41) is 7.99. The summed E-state index contributed by atoms with van der Waals surface area (Å²) in [4.78, 5) is 27.9. The molecule has 1 unspecified atom stereocenters. The fraction of sp³-hybridized carbons (Fsp3) is 0.500. The van der Waals surface area contributed by atoms with Gasteiger partial charge in [0.1, 0.15) is 12.4 Å². The Morgan fingerprint density at radius 1 is 1.50 bits per heavy atom. The normalized spacial score (nSPS) is 10.3. The molecule has 0 spiro atoms. The zero-order chi connectivity index (χ0) is 8.57. The van der Waals surface area contributed by atoms with E-state index in [4.69, 9.17) is 9.90 Å². The molecule has 0 aliphatic heterocycles. The summed E-state index contributed by atoms with van der Waals surface area (Å²) < 4.78 is 0. The Kier molecular flexibility index (Phi) is 9.35. The lowest BCUT2D eigenvalue weighted by Gasteiger charge is -1.79. The van der Waals surface area contributed by atoms with Gasteiger partial charge in [0.2, 0.25) is 0 Å². The molecule has 0 heterocycles. The van der Waals surface area contributed by atoms with Crippen molar-refractivity contribution >= 4 is 18.4 Å². The Morgan fingerprint density at radius 3 is 1.70 bits per heavy atom. The van der Waals surface area contributed by atoms with Crippen LogP contribution in [0.25, 0.3) is 0 Å². The van der Waals surface area contributed by atoms with Gasteiger partial charge in [0.05, 0.1) is 0 Å². The first-order valence-electron chi connectivity index (χ1n) is 2.63. The maximum absolute atomic E-state index is 9.44. The average Bonchev–Trinajstić information content (AvgIpc) is 1.89. The Hall–Kier alpha value is -1.03. The predicted octanol–water partition coefficient (Wildman–Crippen LogP) is -0.660. The van der Waals surface area contributed by atoms with Gasteiger partial charge in [-0.25, -0.2) is 0 Å². The van der Waals surface area contributed by atoms with Crippen LogP contribution in [0.4, 0.5) is 0 Å². The molecule has 0 saturated heterocycles. The minimum absolute atomic E-state index is 0.278. The molecule has 0 aromatic carbocycles. The van der Waals surface area contributed by atoms with Crippen LogP contribution in [0.5, 0.6) is 0 Å². The number of ketones is 1. The molecule has 0 aromatic rings. The first-order valence-corrected chi connectivity index (χ1v) is 2.63. The lowest BCUT2D eigenvalue weighted by atomic mass is 10.5. The van der Waals surface area contributed by atoms with Crippen molar-refractivity contribution in [2.75, 3.05) is 0 Å². The summed E-state index contributed by atoms with van der Waals surface area (Å²) in [5.41, 5.74) is 0. The molecule has 58 valence electrons. The molecule has 4 nitrogen and oxygen atoms in total. The summed E-state index contributed by atoms with van der Waals surface area (Å²) in [6.07, 6.45) is -0.0463. The van der Waals surface area contributed by atoms with E-state index in [1.807, 2.05) is 0 Å². The van der Waals surface area contributed by atoms with E-state index in [1.165, 1.54) is 13.8 Å². The summed E-state index contributed by atoms with van der Waals surface area (Å²) in [6.45, 7) is 2.62. The van der Waals surface area contributed by atoms with Gasteiger partial charge in [0, 0.05) is 6.92 Å². The van der Waals surface area contributed by atoms with E-state index in [9.17, 15) is 9.59 Å². The van der Waals surface area contributed by atoms with Gasteiger partial charge in [-0.05, 0) is 6.92 Å². The van der Waals surface area contributed by atoms with Crippen LogP contribution in [-0.2, 0) is 14.4 Å². The van der Waals surface area contributed by atoms with Gasteiger partial charge in [0.25, 0.3) is 0 Å². The van der Waals surface area contributed by atoms with Crippen molar-refractivity contribution in [1.29, 1.82) is 0 Å². The van der Waals surface area contributed by atoms with Crippen LogP contribution >= 0.6 is 0 Å². The smallest absolute Gasteiger partial charge is 0.192 e. The first kappa shape index (κ1) is 11.7. The second-order valence-corrected chi connectivity index (χ2v) is 1.61. The van der Waals surface area contributed by atoms with Crippen molar-refractivity contribution in [3.8, 4) is 0 Å². The SMILES string of the molecule is CC(=O)C=O.CC(O)C=O. The topological polar surface area (TPSA) is 71.4 Å². The summed E-state index contributed by atoms with van der Waals surface area (Å²) in [5.74, 6) is -0.426. The summed E-state index contributed by atoms with van der Waals surface area (Å²) >= 11 is 0. The minimum atomic E-state index is -0.796. The second kappa shape index (κ2) is 7.97. The van der Waals surface area contributed by atoms with E-state index >= 15 is 0 Å². The van der Waals surface area contributed by atoms with Gasteiger partial charge in [-0.15, -0.1) is 0 Å². The van der Waals surface area contributed by atoms with Crippen molar-refractivity contribution < 1.29 is 19.5 Å². The van der Waals surface area contributed by atoms with Gasteiger partial charge in [-0.1, -0.05) is 0 Å². The molecule has 1 atom stereocenters. The lowest BCUT2D eigenvalue weighted by molar-refractivity contribution is -0.128. The molecule has 10 heavy (non-hydrogen) atoms. The maximum Gasteiger partial charge on any atom is 0.192 e. The molecule has 0 rings (SSSR count). The van der Waals surface area contributed by atoms with Gasteiger partial charge >= 0.3 is 0 Å². The van der Waals surface area contributed by atoms with E-state index in [0.717, 1.165) is 0 Å². The first-order chi connectivity index (χ1) is 4.54. The van der Waals surface area contributed by atoms with Crippen molar-refractivity contribution in [2.24, 2.45) is 0 Å². The van der Waals surface area contributed by atoms with Gasteiger partial charge < -0.3 is 9.90 Å². The largest absolute Gasteiger partial charge is 0.386 e. The molecule has 0 aliphatic carbocycles. The number of rotatable bonds is 2. The monoisotopic (exact) mass is 146 g/mol. The third-order valence-corrected chi connectivity index (χ3v) is 0.363. The second-order valence-electron chi connectivity index (χ2n) is 1.61. The van der Waals surface area contributed by atoms with Crippen LogP contribution in [0.2, 0.25) is 0 Å². The highest BCUT2D eigenvalue weighted by Gasteiger charge is 1.81. The van der Waals surface area contributed by atoms with Crippen molar-refractivity contribution in [3.63, 3.8) is 0 Å². The zero-order valence-electron chi connectivity index (χ0n) is 5.90. The quantitative estimate of drug-likeness (QED) is 0.414. The van der Waals surface area contributed by atoms with E-state index in [2.05, 4.69) is 0 Å². The fourth-order valence-electron chi connectivity index (χ4n) is 0. The standard InChI is InChI=1S/C3H6O2.C3H4O2/c2*1-3(5)2-4/h2-3,5H,1H3;2H,1H3.